The van der Waals surface area contributed by atoms with Crippen molar-refractivity contribution < 1.29 is 0 Å². The highest BCUT2D eigenvalue weighted by atomic mass is 127. The molecule has 0 N–H and O–H groups in total. The zero-order valence-electron chi connectivity index (χ0n) is 15.5. The molecule has 0 saturated carbocycles. The van der Waals surface area contributed by atoms with Gasteiger partial charge in [-0.2, -0.15) is 0 Å². The topological polar surface area (TPSA) is 38.7 Å². The Bertz CT molecular complexity index is 1320. The molecule has 0 amide bonds. The Labute approximate surface area is 182 Å². The molecule has 0 aliphatic rings. The summed E-state index contributed by atoms with van der Waals surface area (Å²) in [5.74, 6) is 2.04. The van der Waals surface area contributed by atoms with Crippen molar-refractivity contribution in [3.05, 3.63) is 101 Å². The maximum atomic E-state index is 4.82. The number of hydrogen-bond donors (Lipinski definition) is 0. The van der Waals surface area contributed by atoms with E-state index in [1.165, 1.54) is 10.8 Å². The molecule has 0 radical (unpaired) electrons. The van der Waals surface area contributed by atoms with E-state index < -0.39 is 0 Å². The Morgan fingerprint density at radius 1 is 0.448 bits per heavy atom. The van der Waals surface area contributed by atoms with Gasteiger partial charge in [0.15, 0.2) is 17.5 Å². The van der Waals surface area contributed by atoms with E-state index in [-0.39, 0.29) is 0 Å². The summed E-state index contributed by atoms with van der Waals surface area (Å²) in [6.07, 6.45) is 0. The van der Waals surface area contributed by atoms with Gasteiger partial charge in [-0.05, 0) is 51.6 Å². The van der Waals surface area contributed by atoms with Gasteiger partial charge in [0, 0.05) is 20.3 Å². The maximum Gasteiger partial charge on any atom is 0.164 e. The second kappa shape index (κ2) is 7.72. The Morgan fingerprint density at radius 2 is 1.03 bits per heavy atom. The molecule has 1 heterocycles. The van der Waals surface area contributed by atoms with Gasteiger partial charge in [-0.1, -0.05) is 78.9 Å². The van der Waals surface area contributed by atoms with Crippen LogP contribution in [0.25, 0.3) is 44.9 Å². The van der Waals surface area contributed by atoms with Gasteiger partial charge in [-0.3, -0.25) is 0 Å². The second-order valence-corrected chi connectivity index (χ2v) is 7.99. The van der Waals surface area contributed by atoms with E-state index in [0.29, 0.717) is 17.5 Å². The van der Waals surface area contributed by atoms with Gasteiger partial charge in [0.1, 0.15) is 0 Å². The Balaban J connectivity index is 1.72. The van der Waals surface area contributed by atoms with Crippen molar-refractivity contribution in [1.29, 1.82) is 0 Å². The lowest BCUT2D eigenvalue weighted by molar-refractivity contribution is 1.07. The third-order valence-electron chi connectivity index (χ3n) is 4.76. The molecule has 4 aromatic carbocycles. The average molecular weight is 485 g/mol. The number of aromatic nitrogens is 3. The van der Waals surface area contributed by atoms with E-state index in [2.05, 4.69) is 65.1 Å². The highest BCUT2D eigenvalue weighted by Gasteiger charge is 2.12. The van der Waals surface area contributed by atoms with Crippen molar-refractivity contribution in [2.24, 2.45) is 0 Å². The molecule has 0 aliphatic heterocycles. The van der Waals surface area contributed by atoms with Gasteiger partial charge in [0.05, 0.1) is 0 Å². The van der Waals surface area contributed by atoms with Crippen LogP contribution in [0.2, 0.25) is 0 Å². The van der Waals surface area contributed by atoms with E-state index >= 15 is 0 Å². The monoisotopic (exact) mass is 485 g/mol. The third kappa shape index (κ3) is 3.76. The summed E-state index contributed by atoms with van der Waals surface area (Å²) < 4.78 is 1.15. The molecule has 0 spiro atoms. The molecular weight excluding hydrogens is 469 g/mol. The van der Waals surface area contributed by atoms with Crippen molar-refractivity contribution in [2.75, 3.05) is 0 Å². The fourth-order valence-electron chi connectivity index (χ4n) is 3.31. The zero-order valence-corrected chi connectivity index (χ0v) is 17.6. The molecule has 5 aromatic rings. The molecule has 5 rings (SSSR count). The largest absolute Gasteiger partial charge is 0.208 e. The summed E-state index contributed by atoms with van der Waals surface area (Å²) in [5, 5.41) is 2.37. The van der Waals surface area contributed by atoms with Crippen molar-refractivity contribution >= 4 is 33.4 Å². The predicted octanol–water partition coefficient (Wildman–Crippen LogP) is 6.63. The highest BCUT2D eigenvalue weighted by molar-refractivity contribution is 14.1. The smallest absolute Gasteiger partial charge is 0.164 e. The minimum atomic E-state index is 0.678. The van der Waals surface area contributed by atoms with E-state index in [1.807, 2.05) is 54.6 Å². The van der Waals surface area contributed by atoms with Crippen molar-refractivity contribution in [3.8, 4) is 34.2 Å². The number of halogens is 1. The van der Waals surface area contributed by atoms with Crippen molar-refractivity contribution in [1.82, 2.24) is 15.0 Å². The third-order valence-corrected chi connectivity index (χ3v) is 5.43. The molecular formula is C25H16IN3. The summed E-state index contributed by atoms with van der Waals surface area (Å²) >= 11 is 2.31. The lowest BCUT2D eigenvalue weighted by Gasteiger charge is -2.09. The Hall–Kier alpha value is -3.12. The second-order valence-electron chi connectivity index (χ2n) is 6.74. The predicted molar refractivity (Wildman–Crippen MR) is 126 cm³/mol. The van der Waals surface area contributed by atoms with Crippen molar-refractivity contribution in [3.63, 3.8) is 0 Å². The number of benzene rings is 4. The summed E-state index contributed by atoms with van der Waals surface area (Å²) in [5.41, 5.74) is 2.94. The van der Waals surface area contributed by atoms with Crippen LogP contribution < -0.4 is 0 Å². The standard InChI is InChI=1S/C25H16IN3/c26-22-12-6-11-20(16-22)24-27-23(18-8-2-1-3-9-18)28-25(29-24)21-14-13-17-7-4-5-10-19(17)15-21/h1-16H. The maximum absolute atomic E-state index is 4.82. The molecule has 138 valence electrons. The first-order chi connectivity index (χ1) is 14.3. The van der Waals surface area contributed by atoms with Gasteiger partial charge < -0.3 is 0 Å². The fraction of sp³-hybridized carbons (Fsp3) is 0. The normalized spacial score (nSPS) is 10.9. The van der Waals surface area contributed by atoms with Crippen LogP contribution in [0.1, 0.15) is 0 Å². The number of fused-ring (bicyclic) bond motifs is 1. The Morgan fingerprint density at radius 3 is 1.76 bits per heavy atom. The van der Waals surface area contributed by atoms with Crippen LogP contribution >= 0.6 is 22.6 Å². The van der Waals surface area contributed by atoms with E-state index in [9.17, 15) is 0 Å². The van der Waals surface area contributed by atoms with E-state index in [1.54, 1.807) is 0 Å². The first-order valence-corrected chi connectivity index (χ1v) is 10.4. The van der Waals surface area contributed by atoms with Crippen LogP contribution in [-0.4, -0.2) is 15.0 Å². The molecule has 0 saturated heterocycles. The molecule has 0 atom stereocenters. The first kappa shape index (κ1) is 17.9. The van der Waals surface area contributed by atoms with Crippen LogP contribution in [0.4, 0.5) is 0 Å². The Kier molecular flexibility index (Phi) is 4.77. The summed E-state index contributed by atoms with van der Waals surface area (Å²) in [4.78, 5) is 14.4. The minimum absolute atomic E-state index is 0.678. The van der Waals surface area contributed by atoms with Gasteiger partial charge in [-0.15, -0.1) is 0 Å². The molecule has 29 heavy (non-hydrogen) atoms. The first-order valence-electron chi connectivity index (χ1n) is 9.33. The summed E-state index contributed by atoms with van der Waals surface area (Å²) in [7, 11) is 0. The quantitative estimate of drug-likeness (QED) is 0.269. The molecule has 4 heteroatoms. The molecule has 0 fully saturated rings. The molecule has 0 unspecified atom stereocenters. The molecule has 0 bridgehead atoms. The van der Waals surface area contributed by atoms with Gasteiger partial charge in [0.2, 0.25) is 0 Å². The van der Waals surface area contributed by atoms with Crippen LogP contribution in [0.5, 0.6) is 0 Å². The summed E-state index contributed by atoms with van der Waals surface area (Å²) in [6.45, 7) is 0. The summed E-state index contributed by atoms with van der Waals surface area (Å²) in [6, 6.07) is 32.9. The average Bonchev–Trinajstić information content (AvgIpc) is 2.79. The van der Waals surface area contributed by atoms with Gasteiger partial charge in [-0.25, -0.2) is 15.0 Å². The number of nitrogens with zero attached hydrogens (tertiary/aromatic N) is 3. The van der Waals surface area contributed by atoms with Crippen LogP contribution in [0.15, 0.2) is 97.1 Å². The SMILES string of the molecule is Ic1cccc(-c2nc(-c3ccccc3)nc(-c3ccc4ccccc4c3)n2)c1. The molecule has 0 aliphatic carbocycles. The van der Waals surface area contributed by atoms with Crippen molar-refractivity contribution in [2.45, 2.75) is 0 Å². The lowest BCUT2D eigenvalue weighted by Crippen LogP contribution is -2.00. The molecule has 3 nitrogen and oxygen atoms in total. The van der Waals surface area contributed by atoms with E-state index in [0.717, 1.165) is 20.3 Å². The zero-order chi connectivity index (χ0) is 19.6. The fourth-order valence-corrected chi connectivity index (χ4v) is 3.85. The van der Waals surface area contributed by atoms with E-state index in [4.69, 9.17) is 15.0 Å². The van der Waals surface area contributed by atoms with Crippen LogP contribution in [-0.2, 0) is 0 Å². The van der Waals surface area contributed by atoms with Crippen LogP contribution in [0, 0.1) is 3.57 Å². The lowest BCUT2D eigenvalue weighted by atomic mass is 10.1. The van der Waals surface area contributed by atoms with Crippen LogP contribution in [0.3, 0.4) is 0 Å². The number of hydrogen-bond acceptors (Lipinski definition) is 3. The molecule has 1 aromatic heterocycles. The van der Waals surface area contributed by atoms with Gasteiger partial charge in [0.25, 0.3) is 0 Å². The number of rotatable bonds is 3. The van der Waals surface area contributed by atoms with Gasteiger partial charge >= 0.3 is 0 Å². The minimum Gasteiger partial charge on any atom is -0.208 e. The highest BCUT2D eigenvalue weighted by Crippen LogP contribution is 2.27.